The van der Waals surface area contributed by atoms with E-state index in [9.17, 15) is 14.0 Å². The number of nitrogens with one attached hydrogen (secondary N) is 3. The van der Waals surface area contributed by atoms with Gasteiger partial charge in [-0.05, 0) is 42.5 Å². The number of benzene rings is 2. The van der Waals surface area contributed by atoms with Crippen LogP contribution in [0.15, 0.2) is 79.1 Å². The SMILES string of the molecule is BNC(=O)c1cc(Oc2ccc(NC(=O)Nc3cc(C(C)(C)C)nn3-c3ccc4ncccc4c3)c(F)c2)ccn1. The molecular weight excluding hydrogens is 524 g/mol. The van der Waals surface area contributed by atoms with Crippen LogP contribution in [-0.2, 0) is 5.41 Å². The zero-order valence-electron chi connectivity index (χ0n) is 22.9. The lowest BCUT2D eigenvalue weighted by Gasteiger charge is -2.14. The molecule has 0 radical (unpaired) electrons. The molecule has 2 aromatic carbocycles. The largest absolute Gasteiger partial charge is 0.457 e. The second kappa shape index (κ2) is 11.1. The highest BCUT2D eigenvalue weighted by molar-refractivity contribution is 6.17. The molecule has 0 unspecified atom stereocenters. The van der Waals surface area contributed by atoms with Gasteiger partial charge in [0, 0.05) is 41.4 Å². The summed E-state index contributed by atoms with van der Waals surface area (Å²) >= 11 is 0. The number of hydrogen-bond donors (Lipinski definition) is 3. The molecule has 41 heavy (non-hydrogen) atoms. The number of anilines is 2. The van der Waals surface area contributed by atoms with Gasteiger partial charge in [0.15, 0.2) is 0 Å². The summed E-state index contributed by atoms with van der Waals surface area (Å²) in [5.74, 6) is -0.171. The molecule has 3 amide bonds. The Morgan fingerprint density at radius 1 is 0.927 bits per heavy atom. The van der Waals surface area contributed by atoms with Crippen molar-refractivity contribution >= 4 is 42.3 Å². The lowest BCUT2D eigenvalue weighted by Crippen LogP contribution is -2.22. The summed E-state index contributed by atoms with van der Waals surface area (Å²) in [6, 6.07) is 17.7. The topological polar surface area (TPSA) is 123 Å². The first kappa shape index (κ1) is 27.3. The van der Waals surface area contributed by atoms with Crippen molar-refractivity contribution in [2.75, 3.05) is 10.6 Å². The van der Waals surface area contributed by atoms with Gasteiger partial charge in [0.25, 0.3) is 5.91 Å². The van der Waals surface area contributed by atoms with Crippen LogP contribution < -0.4 is 20.6 Å². The molecule has 0 saturated heterocycles. The van der Waals surface area contributed by atoms with E-state index in [0.717, 1.165) is 28.4 Å². The number of carbonyl (C=O) groups is 2. The quantitative estimate of drug-likeness (QED) is 0.256. The van der Waals surface area contributed by atoms with E-state index in [4.69, 9.17) is 9.84 Å². The number of rotatable bonds is 6. The molecule has 0 aliphatic carbocycles. The van der Waals surface area contributed by atoms with Gasteiger partial charge in [-0.3, -0.25) is 20.1 Å². The van der Waals surface area contributed by atoms with Crippen molar-refractivity contribution < 1.29 is 18.7 Å². The normalized spacial score (nSPS) is 11.2. The molecule has 12 heteroatoms. The molecule has 0 spiro atoms. The predicted octanol–water partition coefficient (Wildman–Crippen LogP) is 4.97. The van der Waals surface area contributed by atoms with Gasteiger partial charge in [0.1, 0.15) is 28.8 Å². The van der Waals surface area contributed by atoms with Crippen molar-refractivity contribution in [3.05, 3.63) is 96.3 Å². The molecule has 206 valence electrons. The van der Waals surface area contributed by atoms with Crippen LogP contribution in [0.3, 0.4) is 0 Å². The van der Waals surface area contributed by atoms with Gasteiger partial charge in [-0.1, -0.05) is 26.8 Å². The minimum atomic E-state index is -0.704. The van der Waals surface area contributed by atoms with Crippen LogP contribution in [-0.4, -0.2) is 39.7 Å². The van der Waals surface area contributed by atoms with Gasteiger partial charge in [-0.2, -0.15) is 5.10 Å². The van der Waals surface area contributed by atoms with Gasteiger partial charge < -0.3 is 15.3 Å². The highest BCUT2D eigenvalue weighted by Gasteiger charge is 2.22. The van der Waals surface area contributed by atoms with E-state index >= 15 is 0 Å². The Morgan fingerprint density at radius 2 is 1.73 bits per heavy atom. The summed E-state index contributed by atoms with van der Waals surface area (Å²) in [5.41, 5.74) is 2.17. The molecule has 0 atom stereocenters. The Morgan fingerprint density at radius 3 is 2.49 bits per heavy atom. The van der Waals surface area contributed by atoms with E-state index in [1.54, 1.807) is 23.0 Å². The number of hydrogen-bond acceptors (Lipinski definition) is 6. The Kier molecular flexibility index (Phi) is 7.39. The number of fused-ring (bicyclic) bond motifs is 1. The lowest BCUT2D eigenvalue weighted by atomic mass is 9.92. The molecule has 0 bridgehead atoms. The summed E-state index contributed by atoms with van der Waals surface area (Å²) in [5, 5.41) is 13.5. The smallest absolute Gasteiger partial charge is 0.324 e. The maximum atomic E-state index is 14.9. The highest BCUT2D eigenvalue weighted by atomic mass is 19.1. The van der Waals surface area contributed by atoms with Crippen molar-refractivity contribution in [3.63, 3.8) is 0 Å². The standard InChI is InChI=1S/C29H27BFN7O3/c1-29(2,3)25-16-26(38(37-25)18-6-8-22-17(13-18)5-4-11-32-22)35-28(40)34-23-9-7-19(14-21(23)31)41-20-10-12-33-24(15-20)27(39)36-30/h4-16H,30H2,1-3H3,(H,36,39)(H2,34,35,40). The Bertz CT molecular complexity index is 1770. The molecule has 3 N–H and O–H groups in total. The number of aromatic nitrogens is 4. The molecular formula is C29H27BFN7O3. The van der Waals surface area contributed by atoms with Crippen LogP contribution in [0.5, 0.6) is 11.5 Å². The van der Waals surface area contributed by atoms with Crippen LogP contribution in [0, 0.1) is 5.82 Å². The molecule has 10 nitrogen and oxygen atoms in total. The van der Waals surface area contributed by atoms with Crippen LogP contribution in [0.1, 0.15) is 37.0 Å². The molecule has 0 aliphatic heterocycles. The van der Waals surface area contributed by atoms with E-state index in [2.05, 4.69) is 25.8 Å². The van der Waals surface area contributed by atoms with Crippen LogP contribution >= 0.6 is 0 Å². The fourth-order valence-electron chi connectivity index (χ4n) is 4.02. The number of nitrogens with zero attached hydrogens (tertiary/aromatic N) is 4. The second-order valence-electron chi connectivity index (χ2n) is 10.2. The number of halogens is 1. The first-order valence-electron chi connectivity index (χ1n) is 12.8. The van der Waals surface area contributed by atoms with Crippen molar-refractivity contribution in [2.24, 2.45) is 0 Å². The maximum absolute atomic E-state index is 14.9. The fourth-order valence-corrected chi connectivity index (χ4v) is 4.02. The van der Waals surface area contributed by atoms with Crippen molar-refractivity contribution in [1.82, 2.24) is 25.0 Å². The molecule has 3 heterocycles. The first-order chi connectivity index (χ1) is 19.6. The third-order valence-corrected chi connectivity index (χ3v) is 6.17. The molecule has 5 rings (SSSR count). The number of urea groups is 1. The number of ether oxygens (including phenoxy) is 1. The average molecular weight is 551 g/mol. The predicted molar refractivity (Wildman–Crippen MR) is 157 cm³/mol. The van der Waals surface area contributed by atoms with Gasteiger partial charge >= 0.3 is 6.03 Å². The lowest BCUT2D eigenvalue weighted by molar-refractivity contribution is 0.0976. The number of pyridine rings is 2. The second-order valence-corrected chi connectivity index (χ2v) is 10.2. The van der Waals surface area contributed by atoms with Crippen molar-refractivity contribution in [3.8, 4) is 17.2 Å². The number of carbonyl (C=O) groups excluding carboxylic acids is 2. The highest BCUT2D eigenvalue weighted by Crippen LogP contribution is 2.29. The van der Waals surface area contributed by atoms with Gasteiger partial charge in [0.05, 0.1) is 22.6 Å². The van der Waals surface area contributed by atoms with Gasteiger partial charge in [-0.25, -0.2) is 13.9 Å². The van der Waals surface area contributed by atoms with Crippen LogP contribution in [0.4, 0.5) is 20.7 Å². The van der Waals surface area contributed by atoms with Crippen LogP contribution in [0.25, 0.3) is 16.6 Å². The maximum Gasteiger partial charge on any atom is 0.324 e. The van der Waals surface area contributed by atoms with Crippen LogP contribution in [0.2, 0.25) is 0 Å². The number of amides is 3. The molecule has 0 fully saturated rings. The summed E-state index contributed by atoms with van der Waals surface area (Å²) in [6.07, 6.45) is 3.15. The monoisotopic (exact) mass is 551 g/mol. The minimum absolute atomic E-state index is 0.0467. The Balaban J connectivity index is 1.34. The minimum Gasteiger partial charge on any atom is -0.457 e. The first-order valence-corrected chi connectivity index (χ1v) is 12.8. The third kappa shape index (κ3) is 6.16. The fraction of sp³-hybridized carbons (Fsp3) is 0.138. The summed E-state index contributed by atoms with van der Waals surface area (Å²) in [4.78, 5) is 33.1. The van der Waals surface area contributed by atoms with Crippen molar-refractivity contribution in [2.45, 2.75) is 26.2 Å². The zero-order valence-corrected chi connectivity index (χ0v) is 22.9. The van der Waals surface area contributed by atoms with Gasteiger partial charge in [-0.15, -0.1) is 0 Å². The van der Waals surface area contributed by atoms with E-state index < -0.39 is 11.8 Å². The van der Waals surface area contributed by atoms with E-state index in [1.807, 2.05) is 51.1 Å². The molecule has 3 aromatic heterocycles. The van der Waals surface area contributed by atoms with Gasteiger partial charge in [0.2, 0.25) is 7.98 Å². The van der Waals surface area contributed by atoms with E-state index in [-0.39, 0.29) is 28.5 Å². The van der Waals surface area contributed by atoms with E-state index in [0.29, 0.717) is 11.6 Å². The van der Waals surface area contributed by atoms with Crippen molar-refractivity contribution in [1.29, 1.82) is 0 Å². The zero-order chi connectivity index (χ0) is 29.1. The molecule has 5 aromatic rings. The summed E-state index contributed by atoms with van der Waals surface area (Å²) in [7, 11) is 1.49. The molecule has 0 saturated carbocycles. The summed E-state index contributed by atoms with van der Waals surface area (Å²) < 4.78 is 22.3. The third-order valence-electron chi connectivity index (χ3n) is 6.17. The average Bonchev–Trinajstić information content (AvgIpc) is 3.38. The Hall–Kier alpha value is -5.26. The molecule has 0 aliphatic rings. The van der Waals surface area contributed by atoms with E-state index in [1.165, 1.54) is 32.4 Å². The summed E-state index contributed by atoms with van der Waals surface area (Å²) in [6.45, 7) is 6.08. The Labute approximate surface area is 236 Å².